The first kappa shape index (κ1) is 19.7. The van der Waals surface area contributed by atoms with Crippen molar-refractivity contribution in [2.45, 2.75) is 20.8 Å². The second-order valence-electron chi connectivity index (χ2n) is 6.57. The molecule has 1 heterocycles. The molecule has 0 saturated heterocycles. The van der Waals surface area contributed by atoms with Crippen molar-refractivity contribution >= 4 is 12.1 Å². The molecule has 0 saturated carbocycles. The molecular formula is C22H19N5O2. The highest BCUT2D eigenvalue weighted by Crippen LogP contribution is 2.13. The van der Waals surface area contributed by atoms with Crippen LogP contribution < -0.4 is 11.0 Å². The zero-order valence-corrected chi connectivity index (χ0v) is 16.3. The molecule has 144 valence electrons. The van der Waals surface area contributed by atoms with Crippen LogP contribution >= 0.6 is 0 Å². The first-order valence-electron chi connectivity index (χ1n) is 8.92. The second kappa shape index (κ2) is 8.31. The maximum absolute atomic E-state index is 12.7. The highest BCUT2D eigenvalue weighted by Gasteiger charge is 2.20. The van der Waals surface area contributed by atoms with Crippen LogP contribution in [0.3, 0.4) is 0 Å². The smallest absolute Gasteiger partial charge is 0.266 e. The van der Waals surface area contributed by atoms with E-state index in [9.17, 15) is 14.9 Å². The highest BCUT2D eigenvalue weighted by molar-refractivity contribution is 5.94. The largest absolute Gasteiger partial charge is 0.292 e. The zero-order chi connectivity index (χ0) is 21.0. The summed E-state index contributed by atoms with van der Waals surface area (Å²) in [6, 6.07) is 16.6. The third-order valence-electron chi connectivity index (χ3n) is 4.46. The minimum absolute atomic E-state index is 0.0366. The van der Waals surface area contributed by atoms with Crippen molar-refractivity contribution < 1.29 is 4.79 Å². The van der Waals surface area contributed by atoms with Gasteiger partial charge in [-0.2, -0.15) is 20.1 Å². The van der Waals surface area contributed by atoms with E-state index < -0.39 is 11.5 Å². The number of rotatable bonds is 4. The van der Waals surface area contributed by atoms with Gasteiger partial charge in [-0.15, -0.1) is 0 Å². The van der Waals surface area contributed by atoms with Crippen molar-refractivity contribution in [1.29, 1.82) is 5.26 Å². The van der Waals surface area contributed by atoms with Gasteiger partial charge in [-0.25, -0.2) is 5.43 Å². The summed E-state index contributed by atoms with van der Waals surface area (Å²) in [7, 11) is 0. The van der Waals surface area contributed by atoms with Crippen LogP contribution in [-0.4, -0.2) is 21.9 Å². The Hall–Kier alpha value is -4.05. The Kier molecular flexibility index (Phi) is 5.65. The Morgan fingerprint density at radius 1 is 1.14 bits per heavy atom. The van der Waals surface area contributed by atoms with Gasteiger partial charge in [0.15, 0.2) is 5.69 Å². The summed E-state index contributed by atoms with van der Waals surface area (Å²) in [4.78, 5) is 25.3. The Balaban J connectivity index is 1.98. The van der Waals surface area contributed by atoms with Gasteiger partial charge in [0.05, 0.1) is 11.9 Å². The Morgan fingerprint density at radius 2 is 1.83 bits per heavy atom. The molecule has 1 aromatic heterocycles. The number of para-hydroxylation sites is 1. The van der Waals surface area contributed by atoms with E-state index in [1.54, 1.807) is 12.1 Å². The van der Waals surface area contributed by atoms with Crippen molar-refractivity contribution in [2.75, 3.05) is 0 Å². The fourth-order valence-electron chi connectivity index (χ4n) is 2.79. The molecule has 0 fully saturated rings. The molecule has 7 heteroatoms. The standard InChI is InChI=1S/C22H19N5O2/c1-14-8-10-17(11-9-14)13-24-25-21(28)20-16(3)18(12-23)22(29)27(26-20)19-7-5-4-6-15(19)2/h4-11,13H,1-3H3,(H,25,28). The molecule has 29 heavy (non-hydrogen) atoms. The van der Waals surface area contributed by atoms with Crippen molar-refractivity contribution in [3.63, 3.8) is 0 Å². The summed E-state index contributed by atoms with van der Waals surface area (Å²) in [5, 5.41) is 17.6. The highest BCUT2D eigenvalue weighted by atomic mass is 16.2. The molecule has 1 amide bonds. The van der Waals surface area contributed by atoms with E-state index in [0.29, 0.717) is 5.69 Å². The molecule has 0 aliphatic rings. The van der Waals surface area contributed by atoms with Crippen LogP contribution in [0, 0.1) is 32.1 Å². The minimum atomic E-state index is -0.607. The number of amides is 1. The molecule has 0 radical (unpaired) electrons. The van der Waals surface area contributed by atoms with Crippen LogP contribution in [0.4, 0.5) is 0 Å². The topological polar surface area (TPSA) is 100 Å². The average molecular weight is 385 g/mol. The van der Waals surface area contributed by atoms with E-state index in [0.717, 1.165) is 21.4 Å². The normalized spacial score (nSPS) is 10.7. The first-order valence-corrected chi connectivity index (χ1v) is 8.92. The SMILES string of the molecule is Cc1ccc(C=NNC(=O)c2nn(-c3ccccc3C)c(=O)c(C#N)c2C)cc1. The summed E-state index contributed by atoms with van der Waals surface area (Å²) in [6.07, 6.45) is 1.51. The van der Waals surface area contributed by atoms with Crippen LogP contribution in [0.2, 0.25) is 0 Å². The average Bonchev–Trinajstić information content (AvgIpc) is 2.71. The quantitative estimate of drug-likeness (QED) is 0.551. The summed E-state index contributed by atoms with van der Waals surface area (Å²) in [5.41, 5.74) is 5.13. The minimum Gasteiger partial charge on any atom is -0.266 e. The predicted octanol–water partition coefficient (Wildman–Crippen LogP) is 2.79. The number of carbonyl (C=O) groups is 1. The van der Waals surface area contributed by atoms with Gasteiger partial charge in [-0.3, -0.25) is 9.59 Å². The number of nitriles is 1. The molecular weight excluding hydrogens is 366 g/mol. The summed E-state index contributed by atoms with van der Waals surface area (Å²) in [6.45, 7) is 5.32. The Labute approximate surface area is 167 Å². The van der Waals surface area contributed by atoms with Gasteiger partial charge in [0, 0.05) is 5.56 Å². The summed E-state index contributed by atoms with van der Waals surface area (Å²) < 4.78 is 1.08. The molecule has 2 aromatic carbocycles. The molecule has 1 N–H and O–H groups in total. The van der Waals surface area contributed by atoms with E-state index in [4.69, 9.17) is 0 Å². The van der Waals surface area contributed by atoms with Crippen LogP contribution in [0.1, 0.15) is 38.3 Å². The monoisotopic (exact) mass is 385 g/mol. The molecule has 0 aliphatic carbocycles. The number of benzene rings is 2. The number of nitrogens with zero attached hydrogens (tertiary/aromatic N) is 4. The third-order valence-corrected chi connectivity index (χ3v) is 4.46. The molecule has 0 bridgehead atoms. The fraction of sp³-hybridized carbons (Fsp3) is 0.136. The van der Waals surface area contributed by atoms with Crippen LogP contribution in [0.15, 0.2) is 58.4 Å². The predicted molar refractivity (Wildman–Crippen MR) is 110 cm³/mol. The Morgan fingerprint density at radius 3 is 2.48 bits per heavy atom. The van der Waals surface area contributed by atoms with Crippen LogP contribution in [0.5, 0.6) is 0 Å². The van der Waals surface area contributed by atoms with Gasteiger partial charge in [-0.1, -0.05) is 48.0 Å². The van der Waals surface area contributed by atoms with Crippen molar-refractivity contribution in [3.05, 3.63) is 92.4 Å². The maximum Gasteiger partial charge on any atom is 0.292 e. The molecule has 3 rings (SSSR count). The van der Waals surface area contributed by atoms with Gasteiger partial charge < -0.3 is 0 Å². The van der Waals surface area contributed by atoms with Crippen LogP contribution in [-0.2, 0) is 0 Å². The number of aromatic nitrogens is 2. The lowest BCUT2D eigenvalue weighted by Gasteiger charge is -2.12. The van der Waals surface area contributed by atoms with Crippen LogP contribution in [0.25, 0.3) is 5.69 Å². The van der Waals surface area contributed by atoms with Gasteiger partial charge in [0.25, 0.3) is 11.5 Å². The van der Waals surface area contributed by atoms with Gasteiger partial charge >= 0.3 is 0 Å². The number of carbonyl (C=O) groups excluding carboxylic acids is 1. The fourth-order valence-corrected chi connectivity index (χ4v) is 2.79. The van der Waals surface area contributed by atoms with Gasteiger partial charge in [0.1, 0.15) is 11.6 Å². The van der Waals surface area contributed by atoms with E-state index in [2.05, 4.69) is 15.6 Å². The second-order valence-corrected chi connectivity index (χ2v) is 6.57. The van der Waals surface area contributed by atoms with E-state index in [-0.39, 0.29) is 16.8 Å². The lowest BCUT2D eigenvalue weighted by atomic mass is 10.1. The summed E-state index contributed by atoms with van der Waals surface area (Å²) in [5.74, 6) is -0.607. The number of hydrogen-bond donors (Lipinski definition) is 1. The molecule has 7 nitrogen and oxygen atoms in total. The van der Waals surface area contributed by atoms with E-state index in [1.807, 2.05) is 56.3 Å². The third kappa shape index (κ3) is 4.12. The number of hydrogen-bond acceptors (Lipinski definition) is 5. The number of nitrogens with one attached hydrogen (secondary N) is 1. The molecule has 0 aliphatic heterocycles. The van der Waals surface area contributed by atoms with Gasteiger partial charge in [-0.05, 0) is 38.0 Å². The first-order chi connectivity index (χ1) is 13.9. The van der Waals surface area contributed by atoms with Gasteiger partial charge in [0.2, 0.25) is 0 Å². The van der Waals surface area contributed by atoms with Crippen molar-refractivity contribution in [3.8, 4) is 11.8 Å². The molecule has 3 aromatic rings. The number of hydrazone groups is 1. The molecule has 0 atom stereocenters. The molecule has 0 unspecified atom stereocenters. The maximum atomic E-state index is 12.7. The van der Waals surface area contributed by atoms with E-state index >= 15 is 0 Å². The number of aryl methyl sites for hydroxylation is 2. The van der Waals surface area contributed by atoms with Crippen molar-refractivity contribution in [1.82, 2.24) is 15.2 Å². The molecule has 0 spiro atoms. The lowest BCUT2D eigenvalue weighted by molar-refractivity contribution is 0.0947. The summed E-state index contributed by atoms with van der Waals surface area (Å²) >= 11 is 0. The lowest BCUT2D eigenvalue weighted by Crippen LogP contribution is -2.31. The Bertz CT molecular complexity index is 1200. The van der Waals surface area contributed by atoms with Crippen molar-refractivity contribution in [2.24, 2.45) is 5.10 Å². The van der Waals surface area contributed by atoms with E-state index in [1.165, 1.54) is 13.1 Å². The zero-order valence-electron chi connectivity index (χ0n) is 16.3.